The smallest absolute Gasteiger partial charge is 0.0639 e. The number of aryl methyl sites for hydroxylation is 1. The van der Waals surface area contributed by atoms with Crippen LogP contribution in [0.1, 0.15) is 18.4 Å². The Bertz CT molecular complexity index is 334. The molecule has 0 aliphatic carbocycles. The minimum atomic E-state index is 0.516. The van der Waals surface area contributed by atoms with Crippen molar-refractivity contribution >= 4 is 0 Å². The van der Waals surface area contributed by atoms with E-state index >= 15 is 0 Å². The second kappa shape index (κ2) is 4.49. The Morgan fingerprint density at radius 3 is 2.73 bits per heavy atom. The zero-order valence-corrected chi connectivity index (χ0v) is 9.15. The molecule has 1 heterocycles. The van der Waals surface area contributed by atoms with Crippen molar-refractivity contribution in [2.24, 2.45) is 0 Å². The van der Waals surface area contributed by atoms with Crippen molar-refractivity contribution in [1.29, 1.82) is 0 Å². The van der Waals surface area contributed by atoms with Crippen LogP contribution < -0.4 is 0 Å². The van der Waals surface area contributed by atoms with Crippen molar-refractivity contribution in [3.8, 4) is 0 Å². The number of hydrogen-bond donors (Lipinski definition) is 0. The summed E-state index contributed by atoms with van der Waals surface area (Å²) in [5, 5.41) is 1.92. The summed E-state index contributed by atoms with van der Waals surface area (Å²) >= 11 is 0. The molecule has 1 atom stereocenters. The normalized spacial score (nSPS) is 20.2. The van der Waals surface area contributed by atoms with Gasteiger partial charge in [-0.15, -0.1) is 0 Å². The van der Waals surface area contributed by atoms with Gasteiger partial charge in [-0.3, -0.25) is 9.90 Å². The molecule has 2 rings (SSSR count). The van der Waals surface area contributed by atoms with Crippen molar-refractivity contribution in [2.75, 3.05) is 7.11 Å². The average molecular weight is 203 g/mol. The summed E-state index contributed by atoms with van der Waals surface area (Å²) in [5.74, 6) is 0. The van der Waals surface area contributed by atoms with Crippen molar-refractivity contribution in [2.45, 2.75) is 25.3 Å². The highest BCUT2D eigenvalue weighted by Crippen LogP contribution is 2.30. The number of rotatable bonds is 4. The summed E-state index contributed by atoms with van der Waals surface area (Å²) in [6.07, 6.45) is 3.32. The number of nitrogens with zero attached hydrogens (tertiary/aromatic N) is 1. The summed E-state index contributed by atoms with van der Waals surface area (Å²) in [6.45, 7) is 3.92. The molecule has 1 fully saturated rings. The van der Waals surface area contributed by atoms with Crippen molar-refractivity contribution in [3.05, 3.63) is 48.2 Å². The Labute approximate surface area is 91.1 Å². The Kier molecular flexibility index (Phi) is 3.07. The highest BCUT2D eigenvalue weighted by atomic mass is 16.7. The van der Waals surface area contributed by atoms with E-state index in [1.165, 1.54) is 5.56 Å². The maximum atomic E-state index is 5.23. The quantitative estimate of drug-likeness (QED) is 0.746. The van der Waals surface area contributed by atoms with Gasteiger partial charge >= 0.3 is 0 Å². The minimum Gasteiger partial charge on any atom is -0.277 e. The molecule has 2 heteroatoms. The fraction of sp³-hybridized carbons (Fsp3) is 0.385. The van der Waals surface area contributed by atoms with Crippen LogP contribution in [0.3, 0.4) is 0 Å². The van der Waals surface area contributed by atoms with Crippen LogP contribution in [0.5, 0.6) is 0 Å². The maximum Gasteiger partial charge on any atom is 0.0639 e. The van der Waals surface area contributed by atoms with Gasteiger partial charge in [0.15, 0.2) is 0 Å². The molecule has 1 aromatic rings. The van der Waals surface area contributed by atoms with E-state index in [4.69, 9.17) is 4.84 Å². The van der Waals surface area contributed by atoms with E-state index in [1.54, 1.807) is 7.11 Å². The third-order valence-electron chi connectivity index (χ3n) is 2.92. The van der Waals surface area contributed by atoms with Gasteiger partial charge in [0.05, 0.1) is 13.2 Å². The van der Waals surface area contributed by atoms with E-state index in [0.717, 1.165) is 25.0 Å². The van der Waals surface area contributed by atoms with Crippen LogP contribution in [0.15, 0.2) is 42.6 Å². The van der Waals surface area contributed by atoms with Crippen LogP contribution in [0.4, 0.5) is 0 Å². The molecule has 0 spiro atoms. The molecule has 1 aliphatic rings. The fourth-order valence-electron chi connectivity index (χ4n) is 2.07. The average Bonchev–Trinajstić information content (AvgIpc) is 2.26. The minimum absolute atomic E-state index is 0.516. The van der Waals surface area contributed by atoms with Gasteiger partial charge in [-0.25, -0.2) is 0 Å². The molecular formula is C13H17NO. The molecule has 0 saturated carbocycles. The Morgan fingerprint density at radius 1 is 1.40 bits per heavy atom. The molecule has 80 valence electrons. The monoisotopic (exact) mass is 203 g/mol. The SMILES string of the molecule is C=C1CC(CCc2ccccc2)N1OC. The molecule has 0 radical (unpaired) electrons. The molecule has 1 unspecified atom stereocenters. The van der Waals surface area contributed by atoms with Crippen molar-refractivity contribution in [1.82, 2.24) is 5.06 Å². The summed E-state index contributed by atoms with van der Waals surface area (Å²) in [7, 11) is 1.71. The standard InChI is InChI=1S/C13H17NO/c1-11-10-13(14(11)15-2)9-8-12-6-4-3-5-7-12/h3-7,13H,1,8-10H2,2H3. The predicted octanol–water partition coefficient (Wildman–Crippen LogP) is 2.77. The molecule has 1 saturated heterocycles. The summed E-state index contributed by atoms with van der Waals surface area (Å²) < 4.78 is 0. The van der Waals surface area contributed by atoms with E-state index in [2.05, 4.69) is 36.9 Å². The second-order valence-electron chi connectivity index (χ2n) is 3.96. The lowest BCUT2D eigenvalue weighted by molar-refractivity contribution is -0.174. The lowest BCUT2D eigenvalue weighted by atomic mass is 9.95. The summed E-state index contributed by atoms with van der Waals surface area (Å²) in [4.78, 5) is 5.23. The third kappa shape index (κ3) is 2.21. The highest BCUT2D eigenvalue weighted by Gasteiger charge is 2.30. The van der Waals surface area contributed by atoms with E-state index in [0.29, 0.717) is 6.04 Å². The molecule has 15 heavy (non-hydrogen) atoms. The van der Waals surface area contributed by atoms with Crippen LogP contribution in [0.2, 0.25) is 0 Å². The van der Waals surface area contributed by atoms with Crippen LogP contribution in [-0.2, 0) is 11.3 Å². The van der Waals surface area contributed by atoms with Crippen LogP contribution >= 0.6 is 0 Å². The first-order valence-electron chi connectivity index (χ1n) is 5.36. The third-order valence-corrected chi connectivity index (χ3v) is 2.92. The Hall–Kier alpha value is -1.28. The fourth-order valence-corrected chi connectivity index (χ4v) is 2.07. The molecule has 0 amide bonds. The molecule has 1 aromatic carbocycles. The van der Waals surface area contributed by atoms with Gasteiger partial charge in [-0.05, 0) is 18.4 Å². The van der Waals surface area contributed by atoms with Crippen LogP contribution in [0.25, 0.3) is 0 Å². The maximum absolute atomic E-state index is 5.23. The van der Waals surface area contributed by atoms with Gasteiger partial charge < -0.3 is 0 Å². The molecule has 1 aliphatic heterocycles. The predicted molar refractivity (Wildman–Crippen MR) is 61.2 cm³/mol. The highest BCUT2D eigenvalue weighted by molar-refractivity contribution is 5.16. The lowest BCUT2D eigenvalue weighted by Crippen LogP contribution is -2.44. The molecule has 0 bridgehead atoms. The topological polar surface area (TPSA) is 12.5 Å². The van der Waals surface area contributed by atoms with Gasteiger partial charge in [0.2, 0.25) is 0 Å². The van der Waals surface area contributed by atoms with E-state index in [9.17, 15) is 0 Å². The number of hydrogen-bond acceptors (Lipinski definition) is 2. The van der Waals surface area contributed by atoms with Crippen molar-refractivity contribution < 1.29 is 4.84 Å². The molecular weight excluding hydrogens is 186 g/mol. The second-order valence-corrected chi connectivity index (χ2v) is 3.96. The van der Waals surface area contributed by atoms with E-state index in [1.807, 2.05) is 5.06 Å². The molecule has 0 N–H and O–H groups in total. The van der Waals surface area contributed by atoms with Gasteiger partial charge in [0.1, 0.15) is 0 Å². The van der Waals surface area contributed by atoms with Crippen molar-refractivity contribution in [3.63, 3.8) is 0 Å². The first-order valence-corrected chi connectivity index (χ1v) is 5.36. The Balaban J connectivity index is 1.82. The van der Waals surface area contributed by atoms with Crippen LogP contribution in [-0.4, -0.2) is 18.2 Å². The van der Waals surface area contributed by atoms with Gasteiger partial charge in [0.25, 0.3) is 0 Å². The zero-order valence-electron chi connectivity index (χ0n) is 9.15. The zero-order chi connectivity index (χ0) is 10.7. The summed E-state index contributed by atoms with van der Waals surface area (Å²) in [6, 6.07) is 11.1. The van der Waals surface area contributed by atoms with Gasteiger partial charge in [-0.2, -0.15) is 0 Å². The van der Waals surface area contributed by atoms with E-state index < -0.39 is 0 Å². The van der Waals surface area contributed by atoms with Gasteiger partial charge in [-0.1, -0.05) is 36.9 Å². The number of hydroxylamine groups is 2. The van der Waals surface area contributed by atoms with E-state index in [-0.39, 0.29) is 0 Å². The van der Waals surface area contributed by atoms with Crippen LogP contribution in [0, 0.1) is 0 Å². The summed E-state index contributed by atoms with van der Waals surface area (Å²) in [5.41, 5.74) is 2.49. The Morgan fingerprint density at radius 2 is 2.13 bits per heavy atom. The first-order chi connectivity index (χ1) is 7.31. The van der Waals surface area contributed by atoms with Gasteiger partial charge in [0, 0.05) is 12.1 Å². The first kappa shape index (κ1) is 10.2. The largest absolute Gasteiger partial charge is 0.277 e. The molecule has 0 aromatic heterocycles. The molecule has 2 nitrogen and oxygen atoms in total. The lowest BCUT2D eigenvalue weighted by Gasteiger charge is -2.42. The number of benzene rings is 1.